The molecular formula is C24H26N4O2S. The molecule has 0 spiro atoms. The molecule has 1 unspecified atom stereocenters. The molecule has 0 bridgehead atoms. The van der Waals surface area contributed by atoms with Gasteiger partial charge in [-0.2, -0.15) is 0 Å². The molecular weight excluding hydrogens is 408 g/mol. The number of pyridine rings is 1. The van der Waals surface area contributed by atoms with Gasteiger partial charge in [-0.3, -0.25) is 14.6 Å². The summed E-state index contributed by atoms with van der Waals surface area (Å²) in [5.41, 5.74) is 4.76. The number of rotatable bonds is 4. The summed E-state index contributed by atoms with van der Waals surface area (Å²) in [5, 5.41) is 3.81. The number of likely N-dealkylation sites (tertiary alicyclic amines) is 1. The Hall–Kier alpha value is -3.06. The van der Waals surface area contributed by atoms with E-state index in [4.69, 9.17) is 0 Å². The average Bonchev–Trinajstić information content (AvgIpc) is 3.18. The predicted molar refractivity (Wildman–Crippen MR) is 123 cm³/mol. The highest BCUT2D eigenvalue weighted by molar-refractivity contribution is 7.17. The van der Waals surface area contributed by atoms with Crippen molar-refractivity contribution >= 4 is 28.8 Å². The molecule has 1 saturated heterocycles. The topological polar surface area (TPSA) is 75.2 Å². The summed E-state index contributed by atoms with van der Waals surface area (Å²) in [6, 6.07) is 9.71. The van der Waals surface area contributed by atoms with Crippen molar-refractivity contribution < 1.29 is 9.59 Å². The lowest BCUT2D eigenvalue weighted by atomic mass is 9.96. The fourth-order valence-electron chi connectivity index (χ4n) is 3.79. The van der Waals surface area contributed by atoms with Crippen LogP contribution in [0.5, 0.6) is 0 Å². The highest BCUT2D eigenvalue weighted by Crippen LogP contribution is 2.30. The van der Waals surface area contributed by atoms with Gasteiger partial charge < -0.3 is 10.2 Å². The third-order valence-electron chi connectivity index (χ3n) is 5.75. The normalized spacial score (nSPS) is 16.2. The number of amides is 2. The Labute approximate surface area is 186 Å². The van der Waals surface area contributed by atoms with Crippen LogP contribution in [0.2, 0.25) is 0 Å². The molecule has 0 radical (unpaired) electrons. The summed E-state index contributed by atoms with van der Waals surface area (Å²) in [6.07, 6.45) is 5.06. The van der Waals surface area contributed by atoms with Crippen LogP contribution >= 0.6 is 11.3 Å². The number of hydrogen-bond acceptors (Lipinski definition) is 5. The molecule has 160 valence electrons. The molecule has 0 saturated carbocycles. The minimum atomic E-state index is -0.217. The van der Waals surface area contributed by atoms with Gasteiger partial charge in [0.15, 0.2) is 0 Å². The number of thiazole rings is 1. The van der Waals surface area contributed by atoms with Gasteiger partial charge >= 0.3 is 0 Å². The van der Waals surface area contributed by atoms with E-state index in [0.29, 0.717) is 18.0 Å². The number of carbonyl (C=O) groups excluding carboxylic acids is 2. The molecule has 2 amide bonds. The molecule has 0 aliphatic carbocycles. The Morgan fingerprint density at radius 2 is 2.00 bits per heavy atom. The van der Waals surface area contributed by atoms with Crippen molar-refractivity contribution in [2.75, 3.05) is 18.4 Å². The monoisotopic (exact) mass is 434 g/mol. The molecule has 1 aromatic carbocycles. The Balaban J connectivity index is 1.45. The van der Waals surface area contributed by atoms with Crippen molar-refractivity contribution in [2.45, 2.75) is 33.6 Å². The standard InChI is InChI=1S/C24H26N4O2S/c1-15-8-9-20(12-16(15)2)27-22(29)19-7-5-11-28(14-19)24(30)21-17(3)26-23(31-21)18-6-4-10-25-13-18/h4,6,8-10,12-13,19H,5,7,11,14H2,1-3H3,(H,27,29). The second-order valence-corrected chi connectivity index (χ2v) is 9.05. The van der Waals surface area contributed by atoms with E-state index >= 15 is 0 Å². The van der Waals surface area contributed by atoms with E-state index < -0.39 is 0 Å². The zero-order valence-electron chi connectivity index (χ0n) is 18.0. The summed E-state index contributed by atoms with van der Waals surface area (Å²) in [4.78, 5) is 37.2. The Morgan fingerprint density at radius 1 is 1.16 bits per heavy atom. The minimum Gasteiger partial charge on any atom is -0.337 e. The van der Waals surface area contributed by atoms with Gasteiger partial charge in [0.2, 0.25) is 5.91 Å². The number of hydrogen-bond donors (Lipinski definition) is 1. The molecule has 31 heavy (non-hydrogen) atoms. The summed E-state index contributed by atoms with van der Waals surface area (Å²) in [5.74, 6) is -0.294. The van der Waals surface area contributed by atoms with E-state index in [0.717, 1.165) is 40.4 Å². The fraction of sp³-hybridized carbons (Fsp3) is 0.333. The van der Waals surface area contributed by atoms with Crippen LogP contribution in [0, 0.1) is 26.7 Å². The van der Waals surface area contributed by atoms with Crippen LogP contribution in [0.4, 0.5) is 5.69 Å². The Morgan fingerprint density at radius 3 is 2.74 bits per heavy atom. The molecule has 7 heteroatoms. The smallest absolute Gasteiger partial charge is 0.265 e. The van der Waals surface area contributed by atoms with Gasteiger partial charge in [-0.1, -0.05) is 6.07 Å². The first-order valence-corrected chi connectivity index (χ1v) is 11.3. The van der Waals surface area contributed by atoms with Crippen LogP contribution in [-0.2, 0) is 4.79 Å². The average molecular weight is 435 g/mol. The third kappa shape index (κ3) is 4.66. The maximum Gasteiger partial charge on any atom is 0.265 e. The van der Waals surface area contributed by atoms with Crippen LogP contribution < -0.4 is 5.32 Å². The van der Waals surface area contributed by atoms with Crippen LogP contribution in [0.25, 0.3) is 10.6 Å². The van der Waals surface area contributed by atoms with Crippen molar-refractivity contribution in [3.8, 4) is 10.6 Å². The molecule has 2 aromatic heterocycles. The minimum absolute atomic E-state index is 0.0298. The van der Waals surface area contributed by atoms with Gasteiger partial charge in [0.1, 0.15) is 9.88 Å². The summed E-state index contributed by atoms with van der Waals surface area (Å²) < 4.78 is 0. The molecule has 4 rings (SSSR count). The number of aryl methyl sites for hydroxylation is 3. The summed E-state index contributed by atoms with van der Waals surface area (Å²) >= 11 is 1.39. The number of benzene rings is 1. The van der Waals surface area contributed by atoms with Crippen molar-refractivity contribution in [1.29, 1.82) is 0 Å². The van der Waals surface area contributed by atoms with Gasteiger partial charge in [0.05, 0.1) is 11.6 Å². The lowest BCUT2D eigenvalue weighted by Crippen LogP contribution is -2.43. The number of nitrogens with one attached hydrogen (secondary N) is 1. The van der Waals surface area contributed by atoms with Gasteiger partial charge in [-0.25, -0.2) is 4.98 Å². The Bertz CT molecular complexity index is 1110. The zero-order chi connectivity index (χ0) is 22.0. The van der Waals surface area contributed by atoms with E-state index in [1.54, 1.807) is 17.3 Å². The van der Waals surface area contributed by atoms with E-state index in [9.17, 15) is 9.59 Å². The van der Waals surface area contributed by atoms with E-state index in [1.165, 1.54) is 16.9 Å². The maximum atomic E-state index is 13.2. The quantitative estimate of drug-likeness (QED) is 0.650. The summed E-state index contributed by atoms with van der Waals surface area (Å²) in [7, 11) is 0. The van der Waals surface area contributed by atoms with Crippen molar-refractivity contribution in [3.63, 3.8) is 0 Å². The number of piperidine rings is 1. The van der Waals surface area contributed by atoms with Crippen LogP contribution in [0.1, 0.15) is 39.3 Å². The Kier molecular flexibility index (Phi) is 6.13. The molecule has 1 aliphatic heterocycles. The van der Waals surface area contributed by atoms with E-state index in [2.05, 4.69) is 15.3 Å². The number of aromatic nitrogens is 2. The lowest BCUT2D eigenvalue weighted by Gasteiger charge is -2.32. The molecule has 1 fully saturated rings. The predicted octanol–water partition coefficient (Wildman–Crippen LogP) is 4.62. The number of nitrogens with zero attached hydrogens (tertiary/aromatic N) is 3. The maximum absolute atomic E-state index is 13.2. The zero-order valence-corrected chi connectivity index (χ0v) is 18.8. The van der Waals surface area contributed by atoms with Gasteiger partial charge in [0.25, 0.3) is 5.91 Å². The molecule has 1 N–H and O–H groups in total. The second kappa shape index (κ2) is 8.98. The first-order valence-electron chi connectivity index (χ1n) is 10.5. The van der Waals surface area contributed by atoms with Gasteiger partial charge in [0, 0.05) is 36.7 Å². The fourth-order valence-corrected chi connectivity index (χ4v) is 4.81. The number of anilines is 1. The SMILES string of the molecule is Cc1ccc(NC(=O)C2CCCN(C(=O)c3sc(-c4cccnc4)nc3C)C2)cc1C. The van der Waals surface area contributed by atoms with Gasteiger partial charge in [-0.15, -0.1) is 11.3 Å². The third-order valence-corrected chi connectivity index (χ3v) is 6.95. The molecule has 3 heterocycles. The highest BCUT2D eigenvalue weighted by Gasteiger charge is 2.30. The van der Waals surface area contributed by atoms with Crippen LogP contribution in [0.15, 0.2) is 42.7 Å². The van der Waals surface area contributed by atoms with E-state index in [-0.39, 0.29) is 17.7 Å². The van der Waals surface area contributed by atoms with E-state index in [1.807, 2.05) is 51.1 Å². The summed E-state index contributed by atoms with van der Waals surface area (Å²) in [6.45, 7) is 7.02. The highest BCUT2D eigenvalue weighted by atomic mass is 32.1. The first-order chi connectivity index (χ1) is 14.9. The first kappa shape index (κ1) is 21.2. The van der Waals surface area contributed by atoms with Crippen molar-refractivity contribution in [2.24, 2.45) is 5.92 Å². The molecule has 6 nitrogen and oxygen atoms in total. The molecule has 1 atom stereocenters. The number of carbonyl (C=O) groups is 2. The van der Waals surface area contributed by atoms with Gasteiger partial charge in [-0.05, 0) is 69.0 Å². The molecule has 1 aliphatic rings. The largest absolute Gasteiger partial charge is 0.337 e. The lowest BCUT2D eigenvalue weighted by molar-refractivity contribution is -0.121. The van der Waals surface area contributed by atoms with Crippen LogP contribution in [-0.4, -0.2) is 39.8 Å². The van der Waals surface area contributed by atoms with Crippen molar-refractivity contribution in [3.05, 3.63) is 64.4 Å². The second-order valence-electron chi connectivity index (χ2n) is 8.05. The van der Waals surface area contributed by atoms with Crippen molar-refractivity contribution in [1.82, 2.24) is 14.9 Å². The molecule has 3 aromatic rings. The van der Waals surface area contributed by atoms with Crippen LogP contribution in [0.3, 0.4) is 0 Å².